The first-order valence-corrected chi connectivity index (χ1v) is 21.2. The van der Waals surface area contributed by atoms with Crippen molar-refractivity contribution < 1.29 is 0 Å². The lowest BCUT2D eigenvalue weighted by atomic mass is 9.82. The zero-order valence-electron chi connectivity index (χ0n) is 31.3. The van der Waals surface area contributed by atoms with Crippen LogP contribution in [0.2, 0.25) is 0 Å². The average molecular weight is 744 g/mol. The van der Waals surface area contributed by atoms with Gasteiger partial charge in [0.2, 0.25) is 0 Å². The van der Waals surface area contributed by atoms with Crippen LogP contribution in [-0.4, -0.2) is 6.26 Å². The highest BCUT2D eigenvalue weighted by Crippen LogP contribution is 2.52. The van der Waals surface area contributed by atoms with E-state index in [-0.39, 0.29) is 5.41 Å². The number of hydrogen-bond acceptors (Lipinski definition) is 3. The van der Waals surface area contributed by atoms with Crippen LogP contribution in [0.3, 0.4) is 0 Å². The van der Waals surface area contributed by atoms with Gasteiger partial charge in [-0.3, -0.25) is 0 Å². The molecule has 10 rings (SSSR count). The van der Waals surface area contributed by atoms with Crippen LogP contribution in [-0.2, 0) is 5.41 Å². The maximum absolute atomic E-state index is 2.48. The zero-order valence-corrected chi connectivity index (χ0v) is 33.0. The summed E-state index contributed by atoms with van der Waals surface area (Å²) >= 11 is 3.77. The smallest absolute Gasteiger partial charge is 0.0540 e. The molecule has 0 saturated heterocycles. The van der Waals surface area contributed by atoms with E-state index in [1.54, 1.807) is 0 Å². The average Bonchev–Trinajstić information content (AvgIpc) is 3.73. The number of fused-ring (bicyclic) bond motifs is 6. The Labute approximate surface area is 332 Å². The Hall–Kier alpha value is -5.61. The molecule has 0 unspecified atom stereocenters. The summed E-state index contributed by atoms with van der Waals surface area (Å²) in [6.07, 6.45) is 9.05. The summed E-state index contributed by atoms with van der Waals surface area (Å²) < 4.78 is 2.67. The molecule has 55 heavy (non-hydrogen) atoms. The predicted molar refractivity (Wildman–Crippen MR) is 241 cm³/mol. The lowest BCUT2D eigenvalue weighted by Gasteiger charge is -2.30. The van der Waals surface area contributed by atoms with E-state index in [0.717, 1.165) is 29.9 Å². The van der Waals surface area contributed by atoms with Crippen molar-refractivity contribution in [3.63, 3.8) is 0 Å². The minimum atomic E-state index is -0.111. The van der Waals surface area contributed by atoms with Crippen LogP contribution >= 0.6 is 23.1 Å². The highest BCUT2D eigenvalue weighted by atomic mass is 32.2. The number of nitrogens with zero attached hydrogens (tertiary/aromatic N) is 1. The third kappa shape index (κ3) is 5.68. The molecule has 0 N–H and O–H groups in total. The minimum absolute atomic E-state index is 0.111. The molecule has 0 bridgehead atoms. The third-order valence-corrected chi connectivity index (χ3v) is 13.8. The number of benzene rings is 7. The Bertz CT molecular complexity index is 2820. The Morgan fingerprint density at radius 1 is 0.564 bits per heavy atom. The van der Waals surface area contributed by atoms with Gasteiger partial charge >= 0.3 is 0 Å². The topological polar surface area (TPSA) is 3.24 Å². The maximum atomic E-state index is 2.48. The van der Waals surface area contributed by atoms with Gasteiger partial charge in [0.15, 0.2) is 0 Å². The molecule has 0 amide bonds. The summed E-state index contributed by atoms with van der Waals surface area (Å²) in [6, 6.07) is 58.8. The van der Waals surface area contributed by atoms with Crippen molar-refractivity contribution in [2.75, 3.05) is 11.2 Å². The Kier molecular flexibility index (Phi) is 8.39. The number of allylic oxidation sites excluding steroid dienone is 4. The summed E-state index contributed by atoms with van der Waals surface area (Å²) in [5, 5.41) is 2.65. The second-order valence-electron chi connectivity index (χ2n) is 15.1. The van der Waals surface area contributed by atoms with Crippen molar-refractivity contribution in [1.29, 1.82) is 0 Å². The van der Waals surface area contributed by atoms with E-state index in [0.29, 0.717) is 0 Å². The minimum Gasteiger partial charge on any atom is -0.310 e. The van der Waals surface area contributed by atoms with Crippen molar-refractivity contribution in [3.8, 4) is 33.4 Å². The Morgan fingerprint density at radius 2 is 1.25 bits per heavy atom. The zero-order chi connectivity index (χ0) is 37.1. The van der Waals surface area contributed by atoms with E-state index >= 15 is 0 Å². The number of thioether (sulfide) groups is 1. The number of hydrogen-bond donors (Lipinski definition) is 0. The molecular weight excluding hydrogens is 703 g/mol. The van der Waals surface area contributed by atoms with E-state index in [2.05, 4.69) is 195 Å². The fraction of sp³-hybridized carbons (Fsp3) is 0.115. The number of thiophene rings is 1. The number of anilines is 3. The molecule has 1 heterocycles. The van der Waals surface area contributed by atoms with Gasteiger partial charge in [-0.1, -0.05) is 141 Å². The molecule has 2 aliphatic rings. The van der Waals surface area contributed by atoms with Gasteiger partial charge in [0.05, 0.1) is 5.69 Å². The van der Waals surface area contributed by atoms with Crippen molar-refractivity contribution >= 4 is 65.9 Å². The molecule has 0 atom stereocenters. The van der Waals surface area contributed by atoms with Gasteiger partial charge in [-0.2, -0.15) is 0 Å². The van der Waals surface area contributed by atoms with Crippen molar-refractivity contribution in [1.82, 2.24) is 0 Å². The summed E-state index contributed by atoms with van der Waals surface area (Å²) in [5.74, 6) is 0. The quantitative estimate of drug-likeness (QED) is 0.160. The molecule has 8 aromatic rings. The summed E-state index contributed by atoms with van der Waals surface area (Å²) in [6.45, 7) is 4.74. The molecule has 0 spiro atoms. The van der Waals surface area contributed by atoms with Gasteiger partial charge in [-0.05, 0) is 117 Å². The van der Waals surface area contributed by atoms with Crippen molar-refractivity contribution in [3.05, 3.63) is 191 Å². The van der Waals surface area contributed by atoms with Crippen LogP contribution < -0.4 is 4.90 Å². The van der Waals surface area contributed by atoms with Crippen LogP contribution in [0.4, 0.5) is 17.1 Å². The fourth-order valence-corrected chi connectivity index (χ4v) is 10.8. The molecule has 266 valence electrons. The van der Waals surface area contributed by atoms with Crippen molar-refractivity contribution in [2.45, 2.75) is 32.1 Å². The first kappa shape index (κ1) is 33.9. The second-order valence-corrected chi connectivity index (χ2v) is 17.1. The molecule has 1 nitrogen and oxygen atoms in total. The van der Waals surface area contributed by atoms with Crippen LogP contribution in [0.5, 0.6) is 0 Å². The van der Waals surface area contributed by atoms with E-state index in [1.165, 1.54) is 80.7 Å². The number of rotatable bonds is 7. The Balaban J connectivity index is 1.17. The van der Waals surface area contributed by atoms with Crippen LogP contribution in [0, 0.1) is 0 Å². The van der Waals surface area contributed by atoms with E-state index in [9.17, 15) is 0 Å². The highest BCUT2D eigenvalue weighted by Gasteiger charge is 2.36. The summed E-state index contributed by atoms with van der Waals surface area (Å²) in [4.78, 5) is 3.94. The summed E-state index contributed by atoms with van der Waals surface area (Å²) in [5.41, 5.74) is 16.3. The molecule has 7 aromatic carbocycles. The first-order chi connectivity index (χ1) is 27.0. The predicted octanol–water partition coefficient (Wildman–Crippen LogP) is 15.6. The molecule has 3 heteroatoms. The van der Waals surface area contributed by atoms with Gasteiger partial charge < -0.3 is 4.90 Å². The molecule has 0 saturated carbocycles. The van der Waals surface area contributed by atoms with Gasteiger partial charge in [-0.25, -0.2) is 0 Å². The molecular formula is C52H41NS2. The standard InChI is InChI=1S/C52H41NS2/c1-52(2)46-21-10-7-17-41(46)42-30-29-38(33-47(42)52)53(37-27-24-35(25-28-37)40-19-13-20-44-43-18-9-12-23-50(43)55-51(40)44)48-31-26-36(39-16-8-11-22-49(39)54-3)32-45(48)34-14-5-4-6-15-34/h4-10,12-21,23-33H,11,22H2,1-3H3. The van der Waals surface area contributed by atoms with E-state index in [4.69, 9.17) is 0 Å². The normalized spacial score (nSPS) is 14.4. The molecule has 0 radical (unpaired) electrons. The van der Waals surface area contributed by atoms with Crippen LogP contribution in [0.1, 0.15) is 43.4 Å². The molecule has 0 fully saturated rings. The summed E-state index contributed by atoms with van der Waals surface area (Å²) in [7, 11) is 0. The SMILES string of the molecule is CSC1=C(c2ccc(N(c3ccc(-c4cccc5c4sc4ccccc45)cc3)c3ccc4c(c3)C(C)(C)c3ccccc3-4)c(-c3ccccc3)c2)C=CCC1. The van der Waals surface area contributed by atoms with Gasteiger partial charge in [0, 0.05) is 42.5 Å². The molecule has 0 aliphatic heterocycles. The van der Waals surface area contributed by atoms with Crippen LogP contribution in [0.15, 0.2) is 175 Å². The van der Waals surface area contributed by atoms with E-state index in [1.807, 2.05) is 23.1 Å². The lowest BCUT2D eigenvalue weighted by molar-refractivity contribution is 0.660. The maximum Gasteiger partial charge on any atom is 0.0540 e. The van der Waals surface area contributed by atoms with Gasteiger partial charge in [-0.15, -0.1) is 23.1 Å². The lowest BCUT2D eigenvalue weighted by Crippen LogP contribution is -2.17. The van der Waals surface area contributed by atoms with E-state index < -0.39 is 0 Å². The largest absolute Gasteiger partial charge is 0.310 e. The second kappa shape index (κ2) is 13.6. The van der Waals surface area contributed by atoms with Gasteiger partial charge in [0.25, 0.3) is 0 Å². The molecule has 2 aliphatic carbocycles. The third-order valence-electron chi connectivity index (χ3n) is 11.7. The van der Waals surface area contributed by atoms with Gasteiger partial charge in [0.1, 0.15) is 0 Å². The highest BCUT2D eigenvalue weighted by molar-refractivity contribution is 8.02. The van der Waals surface area contributed by atoms with Crippen LogP contribution in [0.25, 0.3) is 59.1 Å². The van der Waals surface area contributed by atoms with Crippen molar-refractivity contribution in [2.24, 2.45) is 0 Å². The monoisotopic (exact) mass is 743 g/mol. The molecule has 1 aromatic heterocycles. The Morgan fingerprint density at radius 3 is 2.11 bits per heavy atom. The fourth-order valence-electron chi connectivity index (χ4n) is 8.88. The first-order valence-electron chi connectivity index (χ1n) is 19.2.